The van der Waals surface area contributed by atoms with Crippen molar-refractivity contribution in [3.05, 3.63) is 23.3 Å². The summed E-state index contributed by atoms with van der Waals surface area (Å²) in [5.41, 5.74) is 2.70. The number of hydrogen-bond acceptors (Lipinski definition) is 2. The molecule has 0 aromatic heterocycles. The Morgan fingerprint density at radius 2 is 1.88 bits per heavy atom. The van der Waals surface area contributed by atoms with Gasteiger partial charge in [-0.15, -0.1) is 0 Å². The second kappa shape index (κ2) is 9.03. The normalized spacial score (nSPS) is 13.1. The fraction of sp³-hybridized carbons (Fsp3) is 0.667. The summed E-state index contributed by atoms with van der Waals surface area (Å²) in [5.74, 6) is -0.130. The molecule has 98 valence electrons. The van der Waals surface area contributed by atoms with Crippen LogP contribution in [0.4, 0.5) is 0 Å². The molecule has 2 nitrogen and oxygen atoms in total. The van der Waals surface area contributed by atoms with Gasteiger partial charge in [-0.2, -0.15) is 0 Å². The second-order valence-electron chi connectivity index (χ2n) is 4.76. The molecule has 0 aliphatic heterocycles. The number of rotatable bonds is 7. The molecule has 1 atom stereocenters. The minimum absolute atomic E-state index is 0.0339. The number of ether oxygens (including phenoxy) is 1. The van der Waals surface area contributed by atoms with E-state index in [1.807, 2.05) is 13.8 Å². The molecule has 0 spiro atoms. The molecule has 0 saturated heterocycles. The van der Waals surface area contributed by atoms with Crippen molar-refractivity contribution in [1.82, 2.24) is 0 Å². The molecule has 0 N–H and O–H groups in total. The number of carbonyl (C=O) groups excluding carboxylic acids is 1. The van der Waals surface area contributed by atoms with Gasteiger partial charge < -0.3 is 4.74 Å². The van der Waals surface area contributed by atoms with E-state index in [1.54, 1.807) is 0 Å². The monoisotopic (exact) mass is 238 g/mol. The minimum atomic E-state index is -0.0964. The van der Waals surface area contributed by atoms with Crippen LogP contribution in [0.25, 0.3) is 0 Å². The molecule has 0 aromatic rings. The quantitative estimate of drug-likeness (QED) is 0.489. The molecule has 0 rings (SSSR count). The van der Waals surface area contributed by atoms with Crippen molar-refractivity contribution in [2.75, 3.05) is 6.61 Å². The first-order valence-corrected chi connectivity index (χ1v) is 6.43. The largest absolute Gasteiger partial charge is 0.466 e. The maximum absolute atomic E-state index is 11.4. The van der Waals surface area contributed by atoms with Gasteiger partial charge in [-0.3, -0.25) is 4.79 Å². The van der Waals surface area contributed by atoms with Crippen molar-refractivity contribution in [3.8, 4) is 0 Å². The first-order chi connectivity index (χ1) is 7.97. The fourth-order valence-corrected chi connectivity index (χ4v) is 1.45. The highest BCUT2D eigenvalue weighted by Crippen LogP contribution is 2.12. The first kappa shape index (κ1) is 16.0. The van der Waals surface area contributed by atoms with Gasteiger partial charge >= 0.3 is 5.97 Å². The highest BCUT2D eigenvalue weighted by atomic mass is 16.5. The summed E-state index contributed by atoms with van der Waals surface area (Å²) in [6, 6.07) is 0. The Balaban J connectivity index is 3.97. The van der Waals surface area contributed by atoms with Crippen LogP contribution in [0.5, 0.6) is 0 Å². The Morgan fingerprint density at radius 3 is 2.41 bits per heavy atom. The Morgan fingerprint density at radius 1 is 1.24 bits per heavy atom. The topological polar surface area (TPSA) is 26.3 Å². The van der Waals surface area contributed by atoms with Crippen LogP contribution in [0.3, 0.4) is 0 Å². The van der Waals surface area contributed by atoms with Crippen LogP contribution in [0, 0.1) is 5.92 Å². The van der Waals surface area contributed by atoms with E-state index in [1.165, 1.54) is 11.1 Å². The fourth-order valence-electron chi connectivity index (χ4n) is 1.45. The summed E-state index contributed by atoms with van der Waals surface area (Å²) < 4.78 is 4.97. The molecule has 0 radical (unpaired) electrons. The van der Waals surface area contributed by atoms with Crippen LogP contribution in [0.1, 0.15) is 53.9 Å². The van der Waals surface area contributed by atoms with E-state index in [9.17, 15) is 4.79 Å². The summed E-state index contributed by atoms with van der Waals surface area (Å²) >= 11 is 0. The van der Waals surface area contributed by atoms with Gasteiger partial charge in [0.15, 0.2) is 0 Å². The molecule has 0 fully saturated rings. The number of hydrogen-bond donors (Lipinski definition) is 0. The van der Waals surface area contributed by atoms with Crippen molar-refractivity contribution in [3.63, 3.8) is 0 Å². The molecule has 0 bridgehead atoms. The lowest BCUT2D eigenvalue weighted by Gasteiger charge is -2.08. The average Bonchev–Trinajstić information content (AvgIpc) is 2.25. The van der Waals surface area contributed by atoms with Gasteiger partial charge in [0.05, 0.1) is 12.5 Å². The third-order valence-electron chi connectivity index (χ3n) is 2.60. The summed E-state index contributed by atoms with van der Waals surface area (Å²) in [6.45, 7) is 10.6. The molecule has 17 heavy (non-hydrogen) atoms. The van der Waals surface area contributed by atoms with Crippen molar-refractivity contribution in [2.45, 2.75) is 53.9 Å². The van der Waals surface area contributed by atoms with Gasteiger partial charge in [-0.05, 0) is 47.0 Å². The zero-order valence-electron chi connectivity index (χ0n) is 11.9. The predicted octanol–water partition coefficient (Wildman–Crippen LogP) is 4.27. The smallest absolute Gasteiger partial charge is 0.308 e. The molecule has 0 aliphatic carbocycles. The van der Waals surface area contributed by atoms with Crippen molar-refractivity contribution in [1.29, 1.82) is 0 Å². The Labute approximate surface area is 106 Å². The summed E-state index contributed by atoms with van der Waals surface area (Å²) in [6.07, 6.45) is 7.32. The Hall–Kier alpha value is -1.05. The zero-order chi connectivity index (χ0) is 13.3. The number of allylic oxidation sites excluding steroid dienone is 4. The van der Waals surface area contributed by atoms with Crippen molar-refractivity contribution in [2.24, 2.45) is 5.92 Å². The zero-order valence-corrected chi connectivity index (χ0v) is 11.9. The minimum Gasteiger partial charge on any atom is -0.466 e. The third kappa shape index (κ3) is 8.73. The SMILES string of the molecule is CCOC(=O)C(C)CC=C(C)CCC=C(C)C. The van der Waals surface area contributed by atoms with Gasteiger partial charge in [-0.1, -0.05) is 30.2 Å². The van der Waals surface area contributed by atoms with E-state index in [4.69, 9.17) is 4.74 Å². The van der Waals surface area contributed by atoms with E-state index in [2.05, 4.69) is 32.9 Å². The van der Waals surface area contributed by atoms with Gasteiger partial charge in [0, 0.05) is 0 Å². The highest BCUT2D eigenvalue weighted by Gasteiger charge is 2.11. The van der Waals surface area contributed by atoms with E-state index < -0.39 is 0 Å². The van der Waals surface area contributed by atoms with Crippen molar-refractivity contribution >= 4 is 5.97 Å². The molecule has 0 saturated carbocycles. The summed E-state index contributed by atoms with van der Waals surface area (Å²) in [4.78, 5) is 11.4. The van der Waals surface area contributed by atoms with Gasteiger partial charge in [0.25, 0.3) is 0 Å². The van der Waals surface area contributed by atoms with E-state index in [0.717, 1.165) is 19.3 Å². The van der Waals surface area contributed by atoms with Crippen LogP contribution in [0.2, 0.25) is 0 Å². The van der Waals surface area contributed by atoms with Crippen LogP contribution >= 0.6 is 0 Å². The standard InChI is InChI=1S/C15H26O2/c1-6-17-15(16)14(5)11-10-13(4)9-7-8-12(2)3/h8,10,14H,6-7,9,11H2,1-5H3. The van der Waals surface area contributed by atoms with Crippen LogP contribution in [0.15, 0.2) is 23.3 Å². The summed E-state index contributed by atoms with van der Waals surface area (Å²) in [5, 5.41) is 0. The Kier molecular flexibility index (Phi) is 8.47. The number of esters is 1. The molecular weight excluding hydrogens is 212 g/mol. The van der Waals surface area contributed by atoms with E-state index >= 15 is 0 Å². The lowest BCUT2D eigenvalue weighted by Crippen LogP contribution is -2.13. The van der Waals surface area contributed by atoms with Crippen LogP contribution in [-0.2, 0) is 9.53 Å². The average molecular weight is 238 g/mol. The molecule has 2 heteroatoms. The van der Waals surface area contributed by atoms with Gasteiger partial charge in [0.1, 0.15) is 0 Å². The Bertz CT molecular complexity index is 283. The molecule has 0 amide bonds. The molecule has 0 aliphatic rings. The van der Waals surface area contributed by atoms with Crippen LogP contribution < -0.4 is 0 Å². The second-order valence-corrected chi connectivity index (χ2v) is 4.76. The summed E-state index contributed by atoms with van der Waals surface area (Å²) in [7, 11) is 0. The lowest BCUT2D eigenvalue weighted by molar-refractivity contribution is -0.147. The first-order valence-electron chi connectivity index (χ1n) is 6.43. The van der Waals surface area contributed by atoms with Gasteiger partial charge in [0.2, 0.25) is 0 Å². The van der Waals surface area contributed by atoms with Gasteiger partial charge in [-0.25, -0.2) is 0 Å². The predicted molar refractivity (Wildman–Crippen MR) is 72.8 cm³/mol. The molecular formula is C15H26O2. The maximum atomic E-state index is 11.4. The molecule has 0 aromatic carbocycles. The number of carbonyl (C=O) groups is 1. The molecule has 0 heterocycles. The van der Waals surface area contributed by atoms with E-state index in [0.29, 0.717) is 6.61 Å². The van der Waals surface area contributed by atoms with Crippen molar-refractivity contribution < 1.29 is 9.53 Å². The highest BCUT2D eigenvalue weighted by molar-refractivity contribution is 5.72. The lowest BCUT2D eigenvalue weighted by atomic mass is 10.0. The third-order valence-corrected chi connectivity index (χ3v) is 2.60. The molecule has 1 unspecified atom stereocenters. The van der Waals surface area contributed by atoms with E-state index in [-0.39, 0.29) is 11.9 Å². The maximum Gasteiger partial charge on any atom is 0.308 e. The van der Waals surface area contributed by atoms with Crippen LogP contribution in [-0.4, -0.2) is 12.6 Å².